The number of sulfone groups is 1. The first kappa shape index (κ1) is 15.7. The lowest BCUT2D eigenvalue weighted by Gasteiger charge is -2.07. The van der Waals surface area contributed by atoms with E-state index in [0.29, 0.717) is 18.0 Å². The Balaban J connectivity index is 2.63. The van der Waals surface area contributed by atoms with Crippen LogP contribution in [0.25, 0.3) is 0 Å². The monoisotopic (exact) mass is 283 g/mol. The molecule has 1 rings (SSSR count). The maximum atomic E-state index is 11.9. The summed E-state index contributed by atoms with van der Waals surface area (Å²) in [5.41, 5.74) is 0.382. The molecule has 0 aromatic heterocycles. The van der Waals surface area contributed by atoms with Crippen LogP contribution in [-0.2, 0) is 9.84 Å². The smallest absolute Gasteiger partial charge is 0.251 e. The van der Waals surface area contributed by atoms with Crippen LogP contribution in [0.1, 0.15) is 37.0 Å². The van der Waals surface area contributed by atoms with E-state index in [0.717, 1.165) is 19.1 Å². The first-order chi connectivity index (χ1) is 8.80. The van der Waals surface area contributed by atoms with E-state index >= 15 is 0 Å². The fourth-order valence-corrected chi connectivity index (χ4v) is 2.35. The number of hydrogen-bond acceptors (Lipinski definition) is 3. The highest BCUT2D eigenvalue weighted by molar-refractivity contribution is 7.90. The van der Waals surface area contributed by atoms with Gasteiger partial charge < -0.3 is 5.32 Å². The molecule has 0 saturated carbocycles. The fourth-order valence-electron chi connectivity index (χ4n) is 1.68. The molecule has 1 N–H and O–H groups in total. The Kier molecular flexibility index (Phi) is 5.54. The van der Waals surface area contributed by atoms with Crippen molar-refractivity contribution in [3.8, 4) is 0 Å². The minimum Gasteiger partial charge on any atom is -0.352 e. The third-order valence-electron chi connectivity index (χ3n) is 2.77. The van der Waals surface area contributed by atoms with Gasteiger partial charge in [-0.25, -0.2) is 8.42 Å². The van der Waals surface area contributed by atoms with Crippen molar-refractivity contribution in [2.75, 3.05) is 12.8 Å². The van der Waals surface area contributed by atoms with Gasteiger partial charge in [-0.1, -0.05) is 19.9 Å². The molecule has 0 heterocycles. The molecular weight excluding hydrogens is 262 g/mol. The van der Waals surface area contributed by atoms with Crippen molar-refractivity contribution in [2.24, 2.45) is 5.92 Å². The minimum absolute atomic E-state index is 0.169. The molecule has 0 fully saturated rings. The molecule has 0 aliphatic heterocycles. The third-order valence-corrected chi connectivity index (χ3v) is 3.88. The van der Waals surface area contributed by atoms with E-state index in [1.54, 1.807) is 12.1 Å². The molecule has 0 atom stereocenters. The Hall–Kier alpha value is -1.36. The van der Waals surface area contributed by atoms with Crippen molar-refractivity contribution in [2.45, 2.75) is 31.6 Å². The van der Waals surface area contributed by atoms with Gasteiger partial charge in [0.25, 0.3) is 5.91 Å². The first-order valence-corrected chi connectivity index (χ1v) is 8.28. The minimum atomic E-state index is -3.28. The van der Waals surface area contributed by atoms with Gasteiger partial charge in [0.2, 0.25) is 0 Å². The van der Waals surface area contributed by atoms with Gasteiger partial charge in [0, 0.05) is 18.4 Å². The summed E-state index contributed by atoms with van der Waals surface area (Å²) in [5, 5.41) is 2.80. The summed E-state index contributed by atoms with van der Waals surface area (Å²) in [5.74, 6) is 0.389. The molecule has 1 aromatic carbocycles. The highest BCUT2D eigenvalue weighted by Gasteiger charge is 2.11. The van der Waals surface area contributed by atoms with Crippen LogP contribution in [0.15, 0.2) is 29.2 Å². The summed E-state index contributed by atoms with van der Waals surface area (Å²) in [7, 11) is -3.28. The largest absolute Gasteiger partial charge is 0.352 e. The molecule has 106 valence electrons. The Morgan fingerprint density at radius 2 is 2.00 bits per heavy atom. The Labute approximate surface area is 115 Å². The van der Waals surface area contributed by atoms with Gasteiger partial charge in [0.15, 0.2) is 9.84 Å². The second kappa shape index (κ2) is 6.70. The highest BCUT2D eigenvalue weighted by Crippen LogP contribution is 2.11. The summed E-state index contributed by atoms with van der Waals surface area (Å²) in [4.78, 5) is 12.0. The summed E-state index contributed by atoms with van der Waals surface area (Å²) in [6.07, 6.45) is 3.12. The third kappa shape index (κ3) is 5.42. The highest BCUT2D eigenvalue weighted by atomic mass is 32.2. The zero-order chi connectivity index (χ0) is 14.5. The summed E-state index contributed by atoms with van der Waals surface area (Å²) < 4.78 is 22.8. The van der Waals surface area contributed by atoms with Crippen molar-refractivity contribution < 1.29 is 13.2 Å². The number of carbonyl (C=O) groups is 1. The van der Waals surface area contributed by atoms with Gasteiger partial charge in [0.05, 0.1) is 4.90 Å². The van der Waals surface area contributed by atoms with E-state index in [2.05, 4.69) is 19.2 Å². The summed E-state index contributed by atoms with van der Waals surface area (Å²) in [6.45, 7) is 4.88. The molecule has 0 aliphatic carbocycles. The normalized spacial score (nSPS) is 11.6. The van der Waals surface area contributed by atoms with Crippen molar-refractivity contribution in [3.63, 3.8) is 0 Å². The second-order valence-electron chi connectivity index (χ2n) is 5.09. The van der Waals surface area contributed by atoms with Gasteiger partial charge in [-0.3, -0.25) is 4.79 Å². The van der Waals surface area contributed by atoms with Crippen LogP contribution in [-0.4, -0.2) is 27.1 Å². The van der Waals surface area contributed by atoms with E-state index in [9.17, 15) is 13.2 Å². The average Bonchev–Trinajstić information content (AvgIpc) is 2.33. The summed E-state index contributed by atoms with van der Waals surface area (Å²) >= 11 is 0. The lowest BCUT2D eigenvalue weighted by atomic mass is 10.1. The number of hydrogen-bond donors (Lipinski definition) is 1. The molecule has 4 nitrogen and oxygen atoms in total. The van der Waals surface area contributed by atoms with E-state index < -0.39 is 9.84 Å². The zero-order valence-corrected chi connectivity index (χ0v) is 12.5. The molecule has 0 saturated heterocycles. The van der Waals surface area contributed by atoms with Crippen LogP contribution >= 0.6 is 0 Å². The van der Waals surface area contributed by atoms with Crippen molar-refractivity contribution >= 4 is 15.7 Å². The van der Waals surface area contributed by atoms with E-state index in [4.69, 9.17) is 0 Å². The topological polar surface area (TPSA) is 63.2 Å². The van der Waals surface area contributed by atoms with Crippen molar-refractivity contribution in [1.82, 2.24) is 5.32 Å². The number of benzene rings is 1. The van der Waals surface area contributed by atoms with Gasteiger partial charge >= 0.3 is 0 Å². The molecule has 0 radical (unpaired) electrons. The molecule has 0 unspecified atom stereocenters. The van der Waals surface area contributed by atoms with E-state index in [1.165, 1.54) is 12.1 Å². The maximum Gasteiger partial charge on any atom is 0.251 e. The number of nitrogens with one attached hydrogen (secondary N) is 1. The molecule has 0 bridgehead atoms. The second-order valence-corrected chi connectivity index (χ2v) is 7.11. The van der Waals surface area contributed by atoms with Gasteiger partial charge in [-0.2, -0.15) is 0 Å². The van der Waals surface area contributed by atoms with Gasteiger partial charge in [0.1, 0.15) is 0 Å². The first-order valence-electron chi connectivity index (χ1n) is 6.39. The maximum absolute atomic E-state index is 11.9. The molecule has 1 aromatic rings. The van der Waals surface area contributed by atoms with Crippen LogP contribution < -0.4 is 5.32 Å². The van der Waals surface area contributed by atoms with Gasteiger partial charge in [-0.05, 0) is 37.0 Å². The quantitative estimate of drug-likeness (QED) is 0.814. The Morgan fingerprint density at radius 1 is 1.32 bits per heavy atom. The van der Waals surface area contributed by atoms with Crippen molar-refractivity contribution in [1.29, 1.82) is 0 Å². The molecule has 1 amide bonds. The SMILES string of the molecule is CC(C)CCCNC(=O)c1cccc(S(C)(=O)=O)c1. The Bertz CT molecular complexity index is 535. The predicted octanol–water partition coefficient (Wildman–Crippen LogP) is 2.26. The lowest BCUT2D eigenvalue weighted by Crippen LogP contribution is -2.24. The standard InChI is InChI=1S/C14H21NO3S/c1-11(2)6-5-9-15-14(16)12-7-4-8-13(10-12)19(3,17)18/h4,7-8,10-11H,5-6,9H2,1-3H3,(H,15,16). The van der Waals surface area contributed by atoms with E-state index in [-0.39, 0.29) is 10.8 Å². The van der Waals surface area contributed by atoms with Crippen LogP contribution in [0.4, 0.5) is 0 Å². The molecule has 19 heavy (non-hydrogen) atoms. The number of carbonyl (C=O) groups excluding carboxylic acids is 1. The van der Waals surface area contributed by atoms with Crippen LogP contribution in [0.3, 0.4) is 0 Å². The number of rotatable bonds is 6. The molecular formula is C14H21NO3S. The number of amides is 1. The molecule has 0 spiro atoms. The van der Waals surface area contributed by atoms with Crippen LogP contribution in [0.2, 0.25) is 0 Å². The average molecular weight is 283 g/mol. The van der Waals surface area contributed by atoms with Crippen molar-refractivity contribution in [3.05, 3.63) is 29.8 Å². The van der Waals surface area contributed by atoms with E-state index in [1.807, 2.05) is 0 Å². The molecule has 5 heteroatoms. The fraction of sp³-hybridized carbons (Fsp3) is 0.500. The predicted molar refractivity (Wildman–Crippen MR) is 76.0 cm³/mol. The molecule has 0 aliphatic rings. The summed E-state index contributed by atoms with van der Waals surface area (Å²) in [6, 6.07) is 6.10. The zero-order valence-electron chi connectivity index (χ0n) is 11.6. The lowest BCUT2D eigenvalue weighted by molar-refractivity contribution is 0.0952. The Morgan fingerprint density at radius 3 is 2.58 bits per heavy atom. The van der Waals surface area contributed by atoms with Gasteiger partial charge in [-0.15, -0.1) is 0 Å². The van der Waals surface area contributed by atoms with Crippen LogP contribution in [0, 0.1) is 5.92 Å². The van der Waals surface area contributed by atoms with Crippen LogP contribution in [0.5, 0.6) is 0 Å².